The molecule has 0 aromatic heterocycles. The van der Waals surface area contributed by atoms with Crippen molar-refractivity contribution in [1.29, 1.82) is 0 Å². The van der Waals surface area contributed by atoms with Gasteiger partial charge in [-0.2, -0.15) is 0 Å². The highest BCUT2D eigenvalue weighted by Gasteiger charge is 2.28. The zero-order valence-electron chi connectivity index (χ0n) is 8.03. The lowest BCUT2D eigenvalue weighted by atomic mass is 9.91. The zero-order chi connectivity index (χ0) is 9.99. The van der Waals surface area contributed by atoms with E-state index < -0.39 is 14.2 Å². The minimum atomic E-state index is -2.30. The zero-order valence-corrected chi connectivity index (χ0v) is 8.93. The van der Waals surface area contributed by atoms with Crippen LogP contribution in [0, 0.1) is 0 Å². The largest absolute Gasteiger partial charge is 0.328 e. The second-order valence-corrected chi connectivity index (χ2v) is 4.96. The van der Waals surface area contributed by atoms with E-state index in [1.54, 1.807) is 13.8 Å². The number of nitrogens with two attached hydrogens (primary N) is 1. The molecular weight excluding hydrogens is 177 g/mol. The van der Waals surface area contributed by atoms with Gasteiger partial charge in [-0.1, -0.05) is 0 Å². The van der Waals surface area contributed by atoms with Crippen molar-refractivity contribution in [2.24, 2.45) is 5.73 Å². The molecule has 0 spiro atoms. The van der Waals surface area contributed by atoms with Crippen LogP contribution < -0.4 is 5.73 Å². The smallest absolute Gasteiger partial charge is 0.327 e. The minimum absolute atomic E-state index is 0.366. The summed E-state index contributed by atoms with van der Waals surface area (Å²) in [7, 11) is -2.30. The Morgan fingerprint density at radius 3 is 1.92 bits per heavy atom. The number of rotatable bonds is 4. The molecule has 4 N–H and O–H groups in total. The maximum Gasteiger partial charge on any atom is 0.327 e. The Morgan fingerprint density at radius 1 is 1.25 bits per heavy atom. The fourth-order valence-corrected chi connectivity index (χ4v) is 1.86. The second-order valence-electron chi connectivity index (χ2n) is 4.27. The fraction of sp³-hybridized carbons (Fsp3) is 1.00. The molecule has 0 aliphatic carbocycles. The summed E-state index contributed by atoms with van der Waals surface area (Å²) in [4.78, 5) is 17.3. The van der Waals surface area contributed by atoms with Crippen molar-refractivity contribution in [3.8, 4) is 0 Å². The quantitative estimate of drug-likeness (QED) is 0.587. The second kappa shape index (κ2) is 3.99. The predicted molar refractivity (Wildman–Crippen MR) is 49.4 cm³/mol. The SMILES string of the molecule is CC(C)(N)CC(C)(C)OP(O)O. The van der Waals surface area contributed by atoms with Crippen LogP contribution in [0.15, 0.2) is 0 Å². The standard InChI is InChI=1S/C7H18NO3P/c1-6(2,8)5-7(3,4)11-12(9)10/h9-10H,5,8H2,1-4H3. The van der Waals surface area contributed by atoms with Crippen LogP contribution in [-0.4, -0.2) is 20.9 Å². The molecule has 5 heteroatoms. The molecule has 0 aliphatic heterocycles. The molecular formula is C7H18NO3P. The molecule has 0 amide bonds. The molecule has 0 aromatic carbocycles. The van der Waals surface area contributed by atoms with E-state index in [2.05, 4.69) is 0 Å². The number of hydrogen-bond donors (Lipinski definition) is 3. The molecule has 0 radical (unpaired) electrons. The first-order chi connectivity index (χ1) is 5.12. The molecule has 0 aromatic rings. The van der Waals surface area contributed by atoms with E-state index in [0.29, 0.717) is 6.42 Å². The maximum absolute atomic E-state index is 8.64. The third-order valence-corrected chi connectivity index (χ3v) is 1.87. The van der Waals surface area contributed by atoms with Gasteiger partial charge in [-0.25, -0.2) is 0 Å². The first kappa shape index (κ1) is 12.3. The lowest BCUT2D eigenvalue weighted by Gasteiger charge is -2.31. The molecule has 0 aliphatic rings. The van der Waals surface area contributed by atoms with Crippen molar-refractivity contribution < 1.29 is 14.3 Å². The molecule has 0 saturated heterocycles. The molecule has 12 heavy (non-hydrogen) atoms. The van der Waals surface area contributed by atoms with Gasteiger partial charge in [0.15, 0.2) is 0 Å². The van der Waals surface area contributed by atoms with E-state index in [1.807, 2.05) is 13.8 Å². The summed E-state index contributed by atoms with van der Waals surface area (Å²) in [6.45, 7) is 7.30. The van der Waals surface area contributed by atoms with E-state index >= 15 is 0 Å². The highest BCUT2D eigenvalue weighted by Crippen LogP contribution is 2.35. The van der Waals surface area contributed by atoms with E-state index in [0.717, 1.165) is 0 Å². The summed E-state index contributed by atoms with van der Waals surface area (Å²) in [5.74, 6) is 0. The summed E-state index contributed by atoms with van der Waals surface area (Å²) in [6, 6.07) is 0. The van der Waals surface area contributed by atoms with Crippen LogP contribution >= 0.6 is 8.60 Å². The third-order valence-electron chi connectivity index (χ3n) is 1.21. The van der Waals surface area contributed by atoms with Crippen LogP contribution in [0.2, 0.25) is 0 Å². The molecule has 0 saturated carbocycles. The van der Waals surface area contributed by atoms with Crippen molar-refractivity contribution >= 4 is 8.60 Å². The Balaban J connectivity index is 4.04. The average molecular weight is 195 g/mol. The Labute approximate surface area is 74.7 Å². The molecule has 0 atom stereocenters. The average Bonchev–Trinajstić information content (AvgIpc) is 1.48. The van der Waals surface area contributed by atoms with Crippen LogP contribution in [0.1, 0.15) is 34.1 Å². The summed E-state index contributed by atoms with van der Waals surface area (Å²) < 4.78 is 4.91. The van der Waals surface area contributed by atoms with Crippen LogP contribution in [0.4, 0.5) is 0 Å². The van der Waals surface area contributed by atoms with E-state index in [-0.39, 0.29) is 5.54 Å². The van der Waals surface area contributed by atoms with Crippen molar-refractivity contribution in [3.63, 3.8) is 0 Å². The van der Waals surface area contributed by atoms with Crippen molar-refractivity contribution in [2.45, 2.75) is 45.3 Å². The maximum atomic E-state index is 8.64. The lowest BCUT2D eigenvalue weighted by Crippen LogP contribution is -2.41. The van der Waals surface area contributed by atoms with E-state index in [4.69, 9.17) is 20.0 Å². The van der Waals surface area contributed by atoms with Gasteiger partial charge in [0.05, 0.1) is 5.60 Å². The van der Waals surface area contributed by atoms with Gasteiger partial charge in [-0.05, 0) is 34.1 Å². The predicted octanol–water partition coefficient (Wildman–Crippen LogP) is 1.12. The van der Waals surface area contributed by atoms with Gasteiger partial charge in [0.1, 0.15) is 0 Å². The van der Waals surface area contributed by atoms with E-state index in [9.17, 15) is 0 Å². The topological polar surface area (TPSA) is 75.7 Å². The minimum Gasteiger partial charge on any atom is -0.328 e. The third kappa shape index (κ3) is 6.95. The van der Waals surface area contributed by atoms with Gasteiger partial charge in [-0.3, -0.25) is 0 Å². The van der Waals surface area contributed by atoms with Crippen LogP contribution in [-0.2, 0) is 4.52 Å². The molecule has 0 fully saturated rings. The van der Waals surface area contributed by atoms with Gasteiger partial charge in [0, 0.05) is 5.54 Å². The molecule has 74 valence electrons. The summed E-state index contributed by atoms with van der Waals surface area (Å²) in [6.07, 6.45) is 0.569. The Morgan fingerprint density at radius 2 is 1.67 bits per heavy atom. The summed E-state index contributed by atoms with van der Waals surface area (Å²) >= 11 is 0. The fourth-order valence-electron chi connectivity index (χ4n) is 1.35. The van der Waals surface area contributed by atoms with Gasteiger partial charge in [0.25, 0.3) is 0 Å². The highest BCUT2D eigenvalue weighted by atomic mass is 31.2. The Kier molecular flexibility index (Phi) is 4.08. The normalized spacial score (nSPS) is 14.0. The first-order valence-corrected chi connectivity index (χ1v) is 4.95. The van der Waals surface area contributed by atoms with Crippen LogP contribution in [0.5, 0.6) is 0 Å². The van der Waals surface area contributed by atoms with Crippen molar-refractivity contribution in [2.75, 3.05) is 0 Å². The first-order valence-electron chi connectivity index (χ1n) is 3.78. The van der Waals surface area contributed by atoms with Gasteiger partial charge < -0.3 is 20.0 Å². The molecule has 0 bridgehead atoms. The van der Waals surface area contributed by atoms with Crippen LogP contribution in [0.3, 0.4) is 0 Å². The summed E-state index contributed by atoms with van der Waals surface area (Å²) in [5, 5.41) is 0. The Hall–Kier alpha value is 0.270. The molecule has 0 heterocycles. The van der Waals surface area contributed by atoms with Crippen molar-refractivity contribution in [1.82, 2.24) is 0 Å². The van der Waals surface area contributed by atoms with Crippen molar-refractivity contribution in [3.05, 3.63) is 0 Å². The monoisotopic (exact) mass is 195 g/mol. The van der Waals surface area contributed by atoms with Gasteiger partial charge >= 0.3 is 8.60 Å². The molecule has 0 rings (SSSR count). The van der Waals surface area contributed by atoms with E-state index in [1.165, 1.54) is 0 Å². The Bertz CT molecular complexity index is 142. The molecule has 4 nitrogen and oxygen atoms in total. The van der Waals surface area contributed by atoms with Gasteiger partial charge in [0.2, 0.25) is 0 Å². The highest BCUT2D eigenvalue weighted by molar-refractivity contribution is 7.39. The number of hydrogen-bond acceptors (Lipinski definition) is 4. The lowest BCUT2D eigenvalue weighted by molar-refractivity contribution is 0.0638. The summed E-state index contributed by atoms with van der Waals surface area (Å²) in [5.41, 5.74) is 4.81. The van der Waals surface area contributed by atoms with Crippen LogP contribution in [0.25, 0.3) is 0 Å². The molecule has 0 unspecified atom stereocenters. The van der Waals surface area contributed by atoms with Gasteiger partial charge in [-0.15, -0.1) is 0 Å².